The molecule has 1 aromatic carbocycles. The van der Waals surface area contributed by atoms with E-state index in [1.165, 1.54) is 23.9 Å². The number of aromatic nitrogens is 2. The number of piperidine rings is 1. The highest BCUT2D eigenvalue weighted by Crippen LogP contribution is 2.30. The maximum atomic E-state index is 13.1. The minimum Gasteiger partial charge on any atom is -0.339 e. The highest BCUT2D eigenvalue weighted by molar-refractivity contribution is 7.98. The zero-order chi connectivity index (χ0) is 14.7. The second-order valence-electron chi connectivity index (χ2n) is 5.60. The molecule has 1 aromatic heterocycles. The number of nitrogens with one attached hydrogen (secondary N) is 1. The Hall–Kier alpha value is -1.40. The van der Waals surface area contributed by atoms with Gasteiger partial charge in [0.25, 0.3) is 0 Å². The molecule has 6 heteroatoms. The predicted octanol–water partition coefficient (Wildman–Crippen LogP) is 3.14. The smallest absolute Gasteiger partial charge is 0.233 e. The topological polar surface area (TPSA) is 51.0 Å². The van der Waals surface area contributed by atoms with Gasteiger partial charge in [-0.2, -0.15) is 4.98 Å². The Labute approximate surface area is 127 Å². The number of hydrogen-bond acceptors (Lipinski definition) is 5. The van der Waals surface area contributed by atoms with Crippen LogP contribution in [0.1, 0.15) is 31.5 Å². The van der Waals surface area contributed by atoms with E-state index >= 15 is 0 Å². The van der Waals surface area contributed by atoms with E-state index in [9.17, 15) is 4.39 Å². The van der Waals surface area contributed by atoms with Crippen molar-refractivity contribution in [1.29, 1.82) is 0 Å². The van der Waals surface area contributed by atoms with Gasteiger partial charge in [0.05, 0.1) is 11.2 Å². The summed E-state index contributed by atoms with van der Waals surface area (Å²) in [4.78, 5) is 5.38. The molecule has 1 N–H and O–H groups in total. The van der Waals surface area contributed by atoms with Gasteiger partial charge >= 0.3 is 0 Å². The highest BCUT2D eigenvalue weighted by atomic mass is 32.2. The minimum atomic E-state index is -0.227. The lowest BCUT2D eigenvalue weighted by Crippen LogP contribution is -2.41. The third-order valence-electron chi connectivity index (χ3n) is 3.75. The molecule has 4 nitrogen and oxygen atoms in total. The fourth-order valence-electron chi connectivity index (χ4n) is 2.50. The minimum absolute atomic E-state index is 0.0764. The first kappa shape index (κ1) is 14.5. The Bertz CT molecular complexity index is 610. The largest absolute Gasteiger partial charge is 0.339 e. The summed E-state index contributed by atoms with van der Waals surface area (Å²) in [6, 6.07) is 6.53. The van der Waals surface area contributed by atoms with Crippen LogP contribution in [0.3, 0.4) is 0 Å². The third kappa shape index (κ3) is 3.44. The van der Waals surface area contributed by atoms with E-state index in [1.807, 2.05) is 6.07 Å². The van der Waals surface area contributed by atoms with Crippen molar-refractivity contribution in [2.45, 2.75) is 35.8 Å². The highest BCUT2D eigenvalue weighted by Gasteiger charge is 2.34. The second-order valence-corrected chi connectivity index (χ2v) is 6.65. The van der Waals surface area contributed by atoms with E-state index in [0.717, 1.165) is 30.8 Å². The molecule has 1 fully saturated rings. The normalized spacial score (nSPS) is 22.4. The van der Waals surface area contributed by atoms with Crippen LogP contribution in [0, 0.1) is 5.82 Å². The quantitative estimate of drug-likeness (QED) is 0.879. The summed E-state index contributed by atoms with van der Waals surface area (Å²) in [7, 11) is 0. The first-order valence-electron chi connectivity index (χ1n) is 7.08. The van der Waals surface area contributed by atoms with Crippen molar-refractivity contribution in [1.82, 2.24) is 15.5 Å². The van der Waals surface area contributed by atoms with Crippen LogP contribution in [-0.4, -0.2) is 23.2 Å². The SMILES string of the molecule is CC1(c2nc(CSc3cccc(F)c3)no2)CCCNC1. The molecule has 0 radical (unpaired) electrons. The zero-order valence-corrected chi connectivity index (χ0v) is 12.8. The Morgan fingerprint density at radius 2 is 2.38 bits per heavy atom. The van der Waals surface area contributed by atoms with Gasteiger partial charge in [0.1, 0.15) is 5.82 Å². The van der Waals surface area contributed by atoms with Gasteiger partial charge in [-0.05, 0) is 44.5 Å². The molecular weight excluding hydrogens is 289 g/mol. The summed E-state index contributed by atoms with van der Waals surface area (Å²) in [5, 5.41) is 7.42. The number of benzene rings is 1. The molecule has 1 aliphatic rings. The molecule has 2 aromatic rings. The average Bonchev–Trinajstić information content (AvgIpc) is 2.96. The molecule has 0 amide bonds. The zero-order valence-electron chi connectivity index (χ0n) is 11.9. The predicted molar refractivity (Wildman–Crippen MR) is 79.7 cm³/mol. The van der Waals surface area contributed by atoms with Crippen molar-refractivity contribution in [3.8, 4) is 0 Å². The Kier molecular flexibility index (Phi) is 4.26. The standard InChI is InChI=1S/C15H18FN3OS/c1-15(6-3-7-17-10-15)14-18-13(19-20-14)9-21-12-5-2-4-11(16)8-12/h2,4-5,8,17H,3,6-7,9-10H2,1H3. The number of nitrogens with zero attached hydrogens (tertiary/aromatic N) is 2. The van der Waals surface area contributed by atoms with Crippen LogP contribution < -0.4 is 5.32 Å². The molecule has 1 saturated heterocycles. The summed E-state index contributed by atoms with van der Waals surface area (Å²) in [6.07, 6.45) is 2.17. The summed E-state index contributed by atoms with van der Waals surface area (Å²) in [5.74, 6) is 1.71. The molecule has 0 aliphatic carbocycles. The summed E-state index contributed by atoms with van der Waals surface area (Å²) in [5.41, 5.74) is -0.0764. The lowest BCUT2D eigenvalue weighted by atomic mass is 9.83. The molecule has 21 heavy (non-hydrogen) atoms. The van der Waals surface area contributed by atoms with Crippen molar-refractivity contribution in [2.24, 2.45) is 0 Å². The second kappa shape index (κ2) is 6.15. The molecule has 0 spiro atoms. The summed E-state index contributed by atoms with van der Waals surface area (Å²) >= 11 is 1.51. The van der Waals surface area contributed by atoms with Crippen molar-refractivity contribution in [3.05, 3.63) is 41.8 Å². The van der Waals surface area contributed by atoms with Crippen LogP contribution >= 0.6 is 11.8 Å². The van der Waals surface area contributed by atoms with Crippen molar-refractivity contribution >= 4 is 11.8 Å². The maximum Gasteiger partial charge on any atom is 0.233 e. The number of halogens is 1. The van der Waals surface area contributed by atoms with Gasteiger partial charge in [0.15, 0.2) is 5.82 Å². The van der Waals surface area contributed by atoms with Crippen LogP contribution in [0.25, 0.3) is 0 Å². The van der Waals surface area contributed by atoms with Crippen molar-refractivity contribution in [3.63, 3.8) is 0 Å². The lowest BCUT2D eigenvalue weighted by Gasteiger charge is -2.30. The first-order valence-corrected chi connectivity index (χ1v) is 8.06. The molecule has 1 atom stereocenters. The van der Waals surface area contributed by atoms with Crippen LogP contribution in [0.15, 0.2) is 33.7 Å². The van der Waals surface area contributed by atoms with Crippen molar-refractivity contribution in [2.75, 3.05) is 13.1 Å². The Balaban J connectivity index is 1.65. The van der Waals surface area contributed by atoms with Crippen molar-refractivity contribution < 1.29 is 8.91 Å². The van der Waals surface area contributed by atoms with E-state index in [2.05, 4.69) is 22.4 Å². The van der Waals surface area contributed by atoms with Gasteiger partial charge in [0, 0.05) is 11.4 Å². The fraction of sp³-hybridized carbons (Fsp3) is 0.467. The Morgan fingerprint density at radius 1 is 1.48 bits per heavy atom. The van der Waals surface area contributed by atoms with E-state index in [1.54, 1.807) is 6.07 Å². The third-order valence-corrected chi connectivity index (χ3v) is 4.74. The maximum absolute atomic E-state index is 13.1. The summed E-state index contributed by atoms with van der Waals surface area (Å²) in [6.45, 7) is 4.06. The van der Waals surface area contributed by atoms with Gasteiger partial charge < -0.3 is 9.84 Å². The molecule has 3 rings (SSSR count). The Morgan fingerprint density at radius 3 is 3.14 bits per heavy atom. The lowest BCUT2D eigenvalue weighted by molar-refractivity contribution is 0.245. The van der Waals surface area contributed by atoms with E-state index in [0.29, 0.717) is 17.5 Å². The average molecular weight is 307 g/mol. The molecule has 0 saturated carbocycles. The fourth-order valence-corrected chi connectivity index (χ4v) is 3.28. The molecule has 1 unspecified atom stereocenters. The molecule has 112 valence electrons. The molecular formula is C15H18FN3OS. The van der Waals surface area contributed by atoms with Gasteiger partial charge in [-0.1, -0.05) is 11.2 Å². The molecule has 2 heterocycles. The number of hydrogen-bond donors (Lipinski definition) is 1. The molecule has 0 bridgehead atoms. The number of rotatable bonds is 4. The molecule has 1 aliphatic heterocycles. The van der Waals surface area contributed by atoms with Gasteiger partial charge in [-0.25, -0.2) is 4.39 Å². The van der Waals surface area contributed by atoms with Crippen LogP contribution in [-0.2, 0) is 11.2 Å². The van der Waals surface area contributed by atoms with Crippen LogP contribution in [0.2, 0.25) is 0 Å². The van der Waals surface area contributed by atoms with Crippen LogP contribution in [0.4, 0.5) is 4.39 Å². The first-order chi connectivity index (χ1) is 10.2. The van der Waals surface area contributed by atoms with Gasteiger partial charge in [-0.3, -0.25) is 0 Å². The number of thioether (sulfide) groups is 1. The van der Waals surface area contributed by atoms with E-state index in [4.69, 9.17) is 4.52 Å². The van der Waals surface area contributed by atoms with E-state index < -0.39 is 0 Å². The van der Waals surface area contributed by atoms with E-state index in [-0.39, 0.29) is 11.2 Å². The van der Waals surface area contributed by atoms with Crippen LogP contribution in [0.5, 0.6) is 0 Å². The monoisotopic (exact) mass is 307 g/mol. The van der Waals surface area contributed by atoms with Gasteiger partial charge in [-0.15, -0.1) is 11.8 Å². The summed E-state index contributed by atoms with van der Waals surface area (Å²) < 4.78 is 18.6. The van der Waals surface area contributed by atoms with Gasteiger partial charge in [0.2, 0.25) is 5.89 Å².